The Morgan fingerprint density at radius 1 is 1.07 bits per heavy atom. The van der Waals surface area contributed by atoms with Crippen LogP contribution in [0, 0.1) is 11.8 Å². The minimum Gasteiger partial charge on any atom is -0.497 e. The van der Waals surface area contributed by atoms with Gasteiger partial charge in [0.05, 0.1) is 26.3 Å². The van der Waals surface area contributed by atoms with Gasteiger partial charge in [0.2, 0.25) is 10.0 Å². The van der Waals surface area contributed by atoms with E-state index < -0.39 is 21.8 Å². The van der Waals surface area contributed by atoms with Crippen LogP contribution >= 0.6 is 0 Å². The molecule has 0 aromatic heterocycles. The number of sulfonamides is 1. The second-order valence-electron chi connectivity index (χ2n) is 5.22. The van der Waals surface area contributed by atoms with E-state index >= 15 is 0 Å². The fourth-order valence-corrected chi connectivity index (χ4v) is 3.23. The van der Waals surface area contributed by atoms with E-state index in [0.29, 0.717) is 5.75 Å². The van der Waals surface area contributed by atoms with Gasteiger partial charge < -0.3 is 9.47 Å². The molecule has 0 aliphatic rings. The Morgan fingerprint density at radius 2 is 1.81 bits per heavy atom. The second kappa shape index (κ2) is 8.33. The monoisotopic (exact) mass is 399 g/mol. The van der Waals surface area contributed by atoms with Crippen LogP contribution in [0.1, 0.15) is 11.1 Å². The van der Waals surface area contributed by atoms with E-state index in [0.717, 1.165) is 12.1 Å². The minimum atomic E-state index is -4.47. The Hall–Kier alpha value is -2.70. The number of nitrogens with one attached hydrogen (secondary N) is 1. The summed E-state index contributed by atoms with van der Waals surface area (Å²) in [7, 11) is -1.24. The zero-order valence-corrected chi connectivity index (χ0v) is 15.2. The third-order valence-corrected chi connectivity index (χ3v) is 4.86. The van der Waals surface area contributed by atoms with Gasteiger partial charge in [-0.2, -0.15) is 17.9 Å². The molecular formula is C18H16F3NO4S. The van der Waals surface area contributed by atoms with Crippen LogP contribution in [0.5, 0.6) is 11.5 Å². The lowest BCUT2D eigenvalue weighted by atomic mass is 10.1. The summed E-state index contributed by atoms with van der Waals surface area (Å²) in [4.78, 5) is -0.134. The Bertz CT molecular complexity index is 976. The molecule has 0 aliphatic heterocycles. The predicted molar refractivity (Wildman–Crippen MR) is 93.1 cm³/mol. The Balaban J connectivity index is 2.15. The highest BCUT2D eigenvalue weighted by atomic mass is 32.2. The number of halogens is 3. The van der Waals surface area contributed by atoms with Gasteiger partial charge in [-0.05, 0) is 30.3 Å². The summed E-state index contributed by atoms with van der Waals surface area (Å²) in [6.07, 6.45) is -4.47. The molecule has 2 aromatic rings. The Labute approximate surface area is 155 Å². The molecule has 0 saturated heterocycles. The van der Waals surface area contributed by atoms with Crippen molar-refractivity contribution in [2.24, 2.45) is 0 Å². The molecule has 0 heterocycles. The fourth-order valence-electron chi connectivity index (χ4n) is 2.12. The molecular weight excluding hydrogens is 383 g/mol. The summed E-state index contributed by atoms with van der Waals surface area (Å²) in [5, 5.41) is 0. The van der Waals surface area contributed by atoms with E-state index in [2.05, 4.69) is 16.6 Å². The molecule has 0 aliphatic carbocycles. The van der Waals surface area contributed by atoms with Crippen molar-refractivity contribution in [2.75, 3.05) is 20.8 Å². The van der Waals surface area contributed by atoms with E-state index in [1.165, 1.54) is 38.5 Å². The van der Waals surface area contributed by atoms with Gasteiger partial charge in [-0.25, -0.2) is 8.42 Å². The van der Waals surface area contributed by atoms with Gasteiger partial charge in [-0.15, -0.1) is 0 Å². The maximum absolute atomic E-state index is 12.7. The first kappa shape index (κ1) is 20.6. The van der Waals surface area contributed by atoms with E-state index in [4.69, 9.17) is 9.47 Å². The van der Waals surface area contributed by atoms with Gasteiger partial charge in [0, 0.05) is 11.6 Å². The lowest BCUT2D eigenvalue weighted by Gasteiger charge is -2.11. The van der Waals surface area contributed by atoms with Crippen LogP contribution in [0.15, 0.2) is 47.4 Å². The average Bonchev–Trinajstić information content (AvgIpc) is 2.64. The maximum Gasteiger partial charge on any atom is 0.416 e. The van der Waals surface area contributed by atoms with Crippen LogP contribution in [-0.2, 0) is 16.2 Å². The van der Waals surface area contributed by atoms with Crippen LogP contribution in [0.2, 0.25) is 0 Å². The van der Waals surface area contributed by atoms with Crippen LogP contribution in [0.3, 0.4) is 0 Å². The molecule has 0 bridgehead atoms. The third kappa shape index (κ3) is 5.39. The molecule has 2 aromatic carbocycles. The summed E-state index contributed by atoms with van der Waals surface area (Å²) in [5.41, 5.74) is -0.695. The van der Waals surface area contributed by atoms with Crippen molar-refractivity contribution < 1.29 is 31.1 Å². The van der Waals surface area contributed by atoms with E-state index in [1.807, 2.05) is 0 Å². The molecule has 0 fully saturated rings. The summed E-state index contributed by atoms with van der Waals surface area (Å²) < 4.78 is 75.1. The van der Waals surface area contributed by atoms with Crippen molar-refractivity contribution in [3.63, 3.8) is 0 Å². The molecule has 0 saturated carbocycles. The van der Waals surface area contributed by atoms with Crippen LogP contribution in [-0.4, -0.2) is 29.2 Å². The summed E-state index contributed by atoms with van der Waals surface area (Å²) in [5.74, 6) is 5.44. The number of benzene rings is 2. The summed E-state index contributed by atoms with van der Waals surface area (Å²) in [6.45, 7) is -0.293. The smallest absolute Gasteiger partial charge is 0.416 e. The fraction of sp³-hybridized carbons (Fsp3) is 0.222. The van der Waals surface area contributed by atoms with Gasteiger partial charge in [0.15, 0.2) is 0 Å². The van der Waals surface area contributed by atoms with E-state index in [1.54, 1.807) is 6.07 Å². The summed E-state index contributed by atoms with van der Waals surface area (Å²) >= 11 is 0. The number of hydrogen-bond donors (Lipinski definition) is 1. The van der Waals surface area contributed by atoms with Crippen LogP contribution in [0.4, 0.5) is 13.2 Å². The lowest BCUT2D eigenvalue weighted by molar-refractivity contribution is -0.137. The van der Waals surface area contributed by atoms with Gasteiger partial charge in [-0.1, -0.05) is 17.9 Å². The first-order chi connectivity index (χ1) is 12.7. The molecule has 0 atom stereocenters. The number of hydrogen-bond acceptors (Lipinski definition) is 4. The highest BCUT2D eigenvalue weighted by Crippen LogP contribution is 2.29. The molecule has 5 nitrogen and oxygen atoms in total. The van der Waals surface area contributed by atoms with Crippen molar-refractivity contribution in [3.8, 4) is 23.3 Å². The first-order valence-electron chi connectivity index (χ1n) is 7.55. The highest BCUT2D eigenvalue weighted by Gasteiger charge is 2.30. The van der Waals surface area contributed by atoms with Gasteiger partial charge in [0.25, 0.3) is 0 Å². The highest BCUT2D eigenvalue weighted by molar-refractivity contribution is 7.89. The largest absolute Gasteiger partial charge is 0.497 e. The first-order valence-corrected chi connectivity index (χ1v) is 9.03. The van der Waals surface area contributed by atoms with Crippen molar-refractivity contribution in [1.82, 2.24) is 4.72 Å². The third-order valence-electron chi connectivity index (χ3n) is 3.43. The van der Waals surface area contributed by atoms with Gasteiger partial charge >= 0.3 is 6.18 Å². The van der Waals surface area contributed by atoms with Crippen LogP contribution < -0.4 is 14.2 Å². The lowest BCUT2D eigenvalue weighted by Crippen LogP contribution is -2.24. The van der Waals surface area contributed by atoms with Crippen molar-refractivity contribution in [3.05, 3.63) is 53.6 Å². The molecule has 0 amide bonds. The SMILES string of the molecule is COc1ccc(OC)c(S(=O)(=O)NCC#Cc2cccc(C(F)(F)F)c2)c1. The molecule has 0 spiro atoms. The van der Waals surface area contributed by atoms with E-state index in [9.17, 15) is 21.6 Å². The van der Waals surface area contributed by atoms with Gasteiger partial charge in [0.1, 0.15) is 16.4 Å². The quantitative estimate of drug-likeness (QED) is 0.785. The number of ether oxygens (including phenoxy) is 2. The molecule has 2 rings (SSSR count). The Kier molecular flexibility index (Phi) is 6.36. The average molecular weight is 399 g/mol. The standard InChI is InChI=1S/C18H16F3NO4S/c1-25-15-8-9-16(26-2)17(12-15)27(23,24)22-10-4-6-13-5-3-7-14(11-13)18(19,20)21/h3,5,7-9,11-12,22H,10H2,1-2H3. The number of methoxy groups -OCH3 is 2. The van der Waals surface area contributed by atoms with Crippen molar-refractivity contribution >= 4 is 10.0 Å². The molecule has 9 heteroatoms. The minimum absolute atomic E-state index is 0.120. The van der Waals surface area contributed by atoms with Crippen molar-refractivity contribution in [2.45, 2.75) is 11.1 Å². The molecule has 0 radical (unpaired) electrons. The molecule has 27 heavy (non-hydrogen) atoms. The number of rotatable bonds is 5. The zero-order chi connectivity index (χ0) is 20.1. The van der Waals surface area contributed by atoms with Crippen molar-refractivity contribution in [1.29, 1.82) is 0 Å². The predicted octanol–water partition coefficient (Wildman–Crippen LogP) is 3.05. The number of alkyl halides is 3. The topological polar surface area (TPSA) is 64.6 Å². The normalized spacial score (nSPS) is 11.4. The molecule has 1 N–H and O–H groups in total. The maximum atomic E-state index is 12.7. The molecule has 0 unspecified atom stereocenters. The second-order valence-corrected chi connectivity index (χ2v) is 6.96. The van der Waals surface area contributed by atoms with E-state index in [-0.39, 0.29) is 22.8 Å². The van der Waals surface area contributed by atoms with Crippen LogP contribution in [0.25, 0.3) is 0 Å². The molecule has 144 valence electrons. The van der Waals surface area contributed by atoms with Gasteiger partial charge in [-0.3, -0.25) is 0 Å². The zero-order valence-electron chi connectivity index (χ0n) is 14.4. The summed E-state index contributed by atoms with van der Waals surface area (Å²) in [6, 6.07) is 8.75. The Morgan fingerprint density at radius 3 is 2.44 bits per heavy atom.